The number of alkyl halides is 1. The van der Waals surface area contributed by atoms with E-state index in [4.69, 9.17) is 16.3 Å². The molecule has 5 heteroatoms. The van der Waals surface area contributed by atoms with Gasteiger partial charge < -0.3 is 10.1 Å². The predicted molar refractivity (Wildman–Crippen MR) is 72.3 cm³/mol. The molecule has 2 unspecified atom stereocenters. The number of methoxy groups -OCH3 is 1. The molecule has 1 aromatic carbocycles. The van der Waals surface area contributed by atoms with E-state index in [2.05, 4.69) is 5.32 Å². The molecule has 1 aliphatic carbocycles. The SMILES string of the molecule is COc1cc(C(=O)NC2CCCC2CCl)ccc1F. The first kappa shape index (κ1) is 14.1. The number of hydrogen-bond acceptors (Lipinski definition) is 2. The Morgan fingerprint density at radius 3 is 3.00 bits per heavy atom. The molecule has 104 valence electrons. The van der Waals surface area contributed by atoms with Crippen LogP contribution in [-0.2, 0) is 0 Å². The number of nitrogens with one attached hydrogen (secondary N) is 1. The third kappa shape index (κ3) is 3.18. The molecule has 1 aromatic rings. The van der Waals surface area contributed by atoms with Crippen LogP contribution in [0.25, 0.3) is 0 Å². The van der Waals surface area contributed by atoms with Crippen LogP contribution in [0.2, 0.25) is 0 Å². The van der Waals surface area contributed by atoms with Crippen molar-refractivity contribution < 1.29 is 13.9 Å². The highest BCUT2D eigenvalue weighted by Gasteiger charge is 2.28. The van der Waals surface area contributed by atoms with Gasteiger partial charge in [-0.15, -0.1) is 11.6 Å². The number of hydrogen-bond donors (Lipinski definition) is 1. The number of halogens is 2. The van der Waals surface area contributed by atoms with Crippen molar-refractivity contribution in [3.8, 4) is 5.75 Å². The van der Waals surface area contributed by atoms with E-state index in [1.165, 1.54) is 25.3 Å². The summed E-state index contributed by atoms with van der Waals surface area (Å²) in [5.74, 6) is 0.275. The Morgan fingerprint density at radius 2 is 2.32 bits per heavy atom. The van der Waals surface area contributed by atoms with Crippen molar-refractivity contribution in [2.45, 2.75) is 25.3 Å². The van der Waals surface area contributed by atoms with Crippen LogP contribution in [0, 0.1) is 11.7 Å². The minimum Gasteiger partial charge on any atom is -0.494 e. The van der Waals surface area contributed by atoms with Crippen LogP contribution in [0.1, 0.15) is 29.6 Å². The molecule has 0 aliphatic heterocycles. The third-order valence-electron chi connectivity index (χ3n) is 3.59. The second kappa shape index (κ2) is 6.24. The van der Waals surface area contributed by atoms with E-state index in [1.807, 2.05) is 0 Å². The first-order valence-corrected chi connectivity index (χ1v) is 6.89. The second-order valence-electron chi connectivity index (χ2n) is 4.77. The quantitative estimate of drug-likeness (QED) is 0.864. The van der Waals surface area contributed by atoms with Gasteiger partial charge in [0.05, 0.1) is 7.11 Å². The van der Waals surface area contributed by atoms with Gasteiger partial charge in [0.2, 0.25) is 0 Å². The van der Waals surface area contributed by atoms with Crippen molar-refractivity contribution in [3.63, 3.8) is 0 Å². The van der Waals surface area contributed by atoms with Crippen molar-refractivity contribution in [1.29, 1.82) is 0 Å². The van der Waals surface area contributed by atoms with Crippen molar-refractivity contribution >= 4 is 17.5 Å². The van der Waals surface area contributed by atoms with E-state index in [9.17, 15) is 9.18 Å². The van der Waals surface area contributed by atoms with Gasteiger partial charge >= 0.3 is 0 Å². The van der Waals surface area contributed by atoms with Crippen molar-refractivity contribution in [2.24, 2.45) is 5.92 Å². The Kier molecular flexibility index (Phi) is 4.64. The monoisotopic (exact) mass is 285 g/mol. The van der Waals surface area contributed by atoms with Gasteiger partial charge in [-0.05, 0) is 37.0 Å². The zero-order chi connectivity index (χ0) is 13.8. The Morgan fingerprint density at radius 1 is 1.53 bits per heavy atom. The Balaban J connectivity index is 2.07. The van der Waals surface area contributed by atoms with Gasteiger partial charge in [0.1, 0.15) is 0 Å². The molecule has 0 radical (unpaired) electrons. The molecule has 2 rings (SSSR count). The summed E-state index contributed by atoms with van der Waals surface area (Å²) in [6.45, 7) is 0. The Hall–Kier alpha value is -1.29. The maximum Gasteiger partial charge on any atom is 0.251 e. The maximum atomic E-state index is 13.3. The fraction of sp³-hybridized carbons (Fsp3) is 0.500. The van der Waals surface area contributed by atoms with E-state index in [0.717, 1.165) is 19.3 Å². The summed E-state index contributed by atoms with van der Waals surface area (Å²) >= 11 is 5.88. The first-order chi connectivity index (χ1) is 9.15. The number of rotatable bonds is 4. The molecule has 1 N–H and O–H groups in total. The lowest BCUT2D eigenvalue weighted by Crippen LogP contribution is -2.37. The molecular formula is C14H17ClFNO2. The molecule has 19 heavy (non-hydrogen) atoms. The van der Waals surface area contributed by atoms with Gasteiger partial charge in [-0.1, -0.05) is 6.42 Å². The molecule has 3 nitrogen and oxygen atoms in total. The molecule has 1 saturated carbocycles. The highest BCUT2D eigenvalue weighted by atomic mass is 35.5. The van der Waals surface area contributed by atoms with Crippen molar-refractivity contribution in [2.75, 3.05) is 13.0 Å². The number of carbonyl (C=O) groups excluding carboxylic acids is 1. The molecule has 0 aromatic heterocycles. The zero-order valence-electron chi connectivity index (χ0n) is 10.8. The van der Waals surface area contributed by atoms with Gasteiger partial charge in [-0.25, -0.2) is 4.39 Å². The predicted octanol–water partition coefficient (Wildman–Crippen LogP) is 2.97. The Labute approximate surface area is 117 Å². The van der Waals surface area contributed by atoms with Gasteiger partial charge in [0.25, 0.3) is 5.91 Å². The summed E-state index contributed by atoms with van der Waals surface area (Å²) in [5, 5.41) is 2.97. The third-order valence-corrected chi connectivity index (χ3v) is 3.98. The number of carbonyl (C=O) groups is 1. The molecule has 2 atom stereocenters. The van der Waals surface area contributed by atoms with Crippen molar-refractivity contribution in [3.05, 3.63) is 29.6 Å². The van der Waals surface area contributed by atoms with Crippen molar-refractivity contribution in [1.82, 2.24) is 5.32 Å². The van der Waals surface area contributed by atoms with Crippen LogP contribution in [0.4, 0.5) is 4.39 Å². The fourth-order valence-electron chi connectivity index (χ4n) is 2.46. The lowest BCUT2D eigenvalue weighted by molar-refractivity contribution is 0.0929. The average molecular weight is 286 g/mol. The van der Waals surface area contributed by atoms with Crippen LogP contribution in [-0.4, -0.2) is 24.9 Å². The van der Waals surface area contributed by atoms with E-state index in [0.29, 0.717) is 17.4 Å². The highest BCUT2D eigenvalue weighted by molar-refractivity contribution is 6.18. The zero-order valence-corrected chi connectivity index (χ0v) is 11.5. The largest absolute Gasteiger partial charge is 0.494 e. The number of amides is 1. The van der Waals surface area contributed by atoms with Gasteiger partial charge in [-0.3, -0.25) is 4.79 Å². The van der Waals surface area contributed by atoms with E-state index < -0.39 is 5.82 Å². The molecule has 0 heterocycles. The normalized spacial score (nSPS) is 22.3. The highest BCUT2D eigenvalue weighted by Crippen LogP contribution is 2.27. The average Bonchev–Trinajstić information content (AvgIpc) is 2.86. The summed E-state index contributed by atoms with van der Waals surface area (Å²) in [7, 11) is 1.38. The van der Waals surface area contributed by atoms with Crippen LogP contribution in [0.15, 0.2) is 18.2 Å². The minimum absolute atomic E-state index is 0.0768. The summed E-state index contributed by atoms with van der Waals surface area (Å²) < 4.78 is 18.2. The minimum atomic E-state index is -0.474. The second-order valence-corrected chi connectivity index (χ2v) is 5.08. The Bertz CT molecular complexity index is 467. The summed E-state index contributed by atoms with van der Waals surface area (Å²) in [4.78, 5) is 12.1. The van der Waals surface area contributed by atoms with Crippen LogP contribution < -0.4 is 10.1 Å². The molecular weight excluding hydrogens is 269 g/mol. The first-order valence-electron chi connectivity index (χ1n) is 6.36. The molecule has 1 aliphatic rings. The van der Waals surface area contributed by atoms with Crippen LogP contribution in [0.5, 0.6) is 5.75 Å². The van der Waals surface area contributed by atoms with Crippen LogP contribution >= 0.6 is 11.6 Å². The van der Waals surface area contributed by atoms with Crippen LogP contribution in [0.3, 0.4) is 0 Å². The lowest BCUT2D eigenvalue weighted by Gasteiger charge is -2.19. The van der Waals surface area contributed by atoms with E-state index in [-0.39, 0.29) is 17.7 Å². The standard InChI is InChI=1S/C14H17ClFNO2/c1-19-13-7-9(5-6-11(13)16)14(18)17-12-4-2-3-10(12)8-15/h5-7,10,12H,2-4,8H2,1H3,(H,17,18). The number of ether oxygens (including phenoxy) is 1. The molecule has 1 amide bonds. The van der Waals surface area contributed by atoms with Gasteiger partial charge in [0.15, 0.2) is 11.6 Å². The van der Waals surface area contributed by atoms with E-state index >= 15 is 0 Å². The molecule has 0 saturated heterocycles. The fourth-order valence-corrected chi connectivity index (χ4v) is 2.83. The topological polar surface area (TPSA) is 38.3 Å². The van der Waals surface area contributed by atoms with E-state index in [1.54, 1.807) is 0 Å². The molecule has 1 fully saturated rings. The number of benzene rings is 1. The lowest BCUT2D eigenvalue weighted by atomic mass is 10.1. The maximum absolute atomic E-state index is 13.3. The molecule has 0 bridgehead atoms. The smallest absolute Gasteiger partial charge is 0.251 e. The summed E-state index contributed by atoms with van der Waals surface area (Å²) in [6.07, 6.45) is 3.07. The summed E-state index contributed by atoms with van der Waals surface area (Å²) in [6, 6.07) is 4.22. The molecule has 0 spiro atoms. The summed E-state index contributed by atoms with van der Waals surface area (Å²) in [5.41, 5.74) is 0.401. The van der Waals surface area contributed by atoms with Gasteiger partial charge in [0, 0.05) is 17.5 Å². The van der Waals surface area contributed by atoms with Gasteiger partial charge in [-0.2, -0.15) is 0 Å².